The van der Waals surface area contributed by atoms with Crippen molar-refractivity contribution >= 4 is 28.1 Å². The number of hydrogen-bond acceptors (Lipinski definition) is 5. The average Bonchev–Trinajstić information content (AvgIpc) is 2.86. The summed E-state index contributed by atoms with van der Waals surface area (Å²) in [5.74, 6) is -0.234. The molecule has 0 bridgehead atoms. The Kier molecular flexibility index (Phi) is 4.74. The summed E-state index contributed by atoms with van der Waals surface area (Å²) in [4.78, 5) is 17.9. The number of benzene rings is 1. The number of rotatable bonds is 5. The predicted molar refractivity (Wildman–Crippen MR) is 81.7 cm³/mol. The van der Waals surface area contributed by atoms with Gasteiger partial charge in [-0.15, -0.1) is 11.3 Å². The van der Waals surface area contributed by atoms with E-state index in [0.717, 1.165) is 16.5 Å². The molecule has 106 valence electrons. The van der Waals surface area contributed by atoms with E-state index in [-0.39, 0.29) is 12.4 Å². The number of nitrogens with zero attached hydrogens (tertiary/aromatic N) is 2. The van der Waals surface area contributed by atoms with Crippen LogP contribution in [0.25, 0.3) is 0 Å². The Morgan fingerprint density at radius 3 is 2.95 bits per heavy atom. The third kappa shape index (κ3) is 3.57. The van der Waals surface area contributed by atoms with Crippen LogP contribution in [-0.4, -0.2) is 24.6 Å². The molecule has 1 aromatic heterocycles. The molecule has 5 heteroatoms. The molecule has 4 nitrogen and oxygen atoms in total. The number of aryl methyl sites for hydroxylation is 1. The maximum absolute atomic E-state index is 11.4. The van der Waals surface area contributed by atoms with Gasteiger partial charge in [0.2, 0.25) is 0 Å². The SMILES string of the molecule is CCOC(=O)Cc1csc(N(C)c2cccc(C)c2)n1. The summed E-state index contributed by atoms with van der Waals surface area (Å²) >= 11 is 1.53. The van der Waals surface area contributed by atoms with Crippen LogP contribution in [0.4, 0.5) is 10.8 Å². The molecule has 0 aliphatic heterocycles. The molecule has 0 radical (unpaired) electrons. The first-order valence-corrected chi connectivity index (χ1v) is 7.38. The van der Waals surface area contributed by atoms with Gasteiger partial charge in [-0.3, -0.25) is 4.79 Å². The fourth-order valence-electron chi connectivity index (χ4n) is 1.84. The van der Waals surface area contributed by atoms with Gasteiger partial charge in [0.05, 0.1) is 18.7 Å². The summed E-state index contributed by atoms with van der Waals surface area (Å²) in [6.45, 7) is 4.26. The van der Waals surface area contributed by atoms with Crippen LogP contribution in [0.5, 0.6) is 0 Å². The van der Waals surface area contributed by atoms with Gasteiger partial charge in [-0.1, -0.05) is 12.1 Å². The standard InChI is InChI=1S/C15H18N2O2S/c1-4-19-14(18)9-12-10-20-15(16-12)17(3)13-7-5-6-11(2)8-13/h5-8,10H,4,9H2,1-3H3. The Hall–Kier alpha value is -1.88. The number of ether oxygens (including phenoxy) is 1. The number of carbonyl (C=O) groups is 1. The zero-order valence-corrected chi connectivity index (χ0v) is 12.7. The summed E-state index contributed by atoms with van der Waals surface area (Å²) in [6.07, 6.45) is 0.228. The molecule has 0 amide bonds. The van der Waals surface area contributed by atoms with Crippen molar-refractivity contribution in [3.63, 3.8) is 0 Å². The highest BCUT2D eigenvalue weighted by Crippen LogP contribution is 2.27. The Morgan fingerprint density at radius 1 is 1.45 bits per heavy atom. The van der Waals surface area contributed by atoms with Gasteiger partial charge in [0.25, 0.3) is 0 Å². The van der Waals surface area contributed by atoms with Gasteiger partial charge >= 0.3 is 5.97 Å². The van der Waals surface area contributed by atoms with Crippen LogP contribution in [-0.2, 0) is 16.0 Å². The van der Waals surface area contributed by atoms with Crippen molar-refractivity contribution in [3.8, 4) is 0 Å². The first-order chi connectivity index (χ1) is 9.60. The second-order valence-corrected chi connectivity index (χ2v) is 5.34. The highest BCUT2D eigenvalue weighted by molar-refractivity contribution is 7.13. The van der Waals surface area contributed by atoms with E-state index in [4.69, 9.17) is 4.74 Å². The summed E-state index contributed by atoms with van der Waals surface area (Å²) in [5.41, 5.74) is 3.04. The Labute approximate surface area is 123 Å². The van der Waals surface area contributed by atoms with Crippen molar-refractivity contribution in [1.82, 2.24) is 4.98 Å². The summed E-state index contributed by atoms with van der Waals surface area (Å²) in [5, 5.41) is 2.77. The van der Waals surface area contributed by atoms with E-state index < -0.39 is 0 Å². The lowest BCUT2D eigenvalue weighted by Crippen LogP contribution is -2.10. The average molecular weight is 290 g/mol. The molecule has 20 heavy (non-hydrogen) atoms. The second kappa shape index (κ2) is 6.52. The topological polar surface area (TPSA) is 42.4 Å². The molecule has 0 saturated carbocycles. The van der Waals surface area contributed by atoms with Crippen LogP contribution in [0, 0.1) is 6.92 Å². The van der Waals surface area contributed by atoms with Crippen molar-refractivity contribution in [3.05, 3.63) is 40.9 Å². The molecule has 0 aliphatic rings. The molecule has 0 aliphatic carbocycles. The monoisotopic (exact) mass is 290 g/mol. The fourth-order valence-corrected chi connectivity index (χ4v) is 2.65. The van der Waals surface area contributed by atoms with Crippen LogP contribution in [0.15, 0.2) is 29.6 Å². The maximum atomic E-state index is 11.4. The molecule has 0 spiro atoms. The second-order valence-electron chi connectivity index (χ2n) is 4.50. The lowest BCUT2D eigenvalue weighted by atomic mass is 10.2. The Bertz CT molecular complexity index is 595. The summed E-state index contributed by atoms with van der Waals surface area (Å²) in [7, 11) is 1.97. The normalized spacial score (nSPS) is 10.3. The summed E-state index contributed by atoms with van der Waals surface area (Å²) < 4.78 is 4.93. The molecular formula is C15H18N2O2S. The molecule has 0 atom stereocenters. The van der Waals surface area contributed by atoms with E-state index in [1.54, 1.807) is 6.92 Å². The number of hydrogen-bond donors (Lipinski definition) is 0. The van der Waals surface area contributed by atoms with Crippen molar-refractivity contribution in [1.29, 1.82) is 0 Å². The lowest BCUT2D eigenvalue weighted by Gasteiger charge is -2.16. The molecule has 1 heterocycles. The van der Waals surface area contributed by atoms with Crippen LogP contribution in [0.3, 0.4) is 0 Å². The van der Waals surface area contributed by atoms with Crippen molar-refractivity contribution < 1.29 is 9.53 Å². The summed E-state index contributed by atoms with van der Waals surface area (Å²) in [6, 6.07) is 8.23. The van der Waals surface area contributed by atoms with E-state index in [1.165, 1.54) is 16.9 Å². The molecule has 0 unspecified atom stereocenters. The molecule has 0 fully saturated rings. The molecular weight excluding hydrogens is 272 g/mol. The van der Waals surface area contributed by atoms with Gasteiger partial charge in [0.1, 0.15) is 0 Å². The van der Waals surface area contributed by atoms with E-state index >= 15 is 0 Å². The predicted octanol–water partition coefficient (Wildman–Crippen LogP) is 3.33. The van der Waals surface area contributed by atoms with Gasteiger partial charge < -0.3 is 9.64 Å². The van der Waals surface area contributed by atoms with Crippen molar-refractivity contribution in [2.24, 2.45) is 0 Å². The maximum Gasteiger partial charge on any atom is 0.311 e. The Morgan fingerprint density at radius 2 is 2.25 bits per heavy atom. The number of anilines is 2. The van der Waals surface area contributed by atoms with Gasteiger partial charge in [0.15, 0.2) is 5.13 Å². The molecule has 1 aromatic carbocycles. The quantitative estimate of drug-likeness (QED) is 0.792. The zero-order valence-electron chi connectivity index (χ0n) is 11.9. The van der Waals surface area contributed by atoms with Crippen LogP contribution < -0.4 is 4.90 Å². The van der Waals surface area contributed by atoms with E-state index in [0.29, 0.717) is 6.61 Å². The third-order valence-electron chi connectivity index (χ3n) is 2.85. The Balaban J connectivity index is 2.10. The first-order valence-electron chi connectivity index (χ1n) is 6.50. The van der Waals surface area contributed by atoms with E-state index in [1.807, 2.05) is 29.5 Å². The van der Waals surface area contributed by atoms with Crippen molar-refractivity contribution in [2.75, 3.05) is 18.6 Å². The number of thiazole rings is 1. The smallest absolute Gasteiger partial charge is 0.311 e. The number of aromatic nitrogens is 1. The highest BCUT2D eigenvalue weighted by atomic mass is 32.1. The van der Waals surface area contributed by atoms with Crippen molar-refractivity contribution in [2.45, 2.75) is 20.3 Å². The third-order valence-corrected chi connectivity index (χ3v) is 3.81. The number of esters is 1. The fraction of sp³-hybridized carbons (Fsp3) is 0.333. The minimum atomic E-state index is -0.234. The van der Waals surface area contributed by atoms with Crippen LogP contribution in [0.2, 0.25) is 0 Å². The van der Waals surface area contributed by atoms with Gasteiger partial charge in [-0.2, -0.15) is 0 Å². The molecule has 2 rings (SSSR count). The van der Waals surface area contributed by atoms with Gasteiger partial charge in [-0.25, -0.2) is 4.98 Å². The van der Waals surface area contributed by atoms with E-state index in [2.05, 4.69) is 24.0 Å². The lowest BCUT2D eigenvalue weighted by molar-refractivity contribution is -0.142. The van der Waals surface area contributed by atoms with Gasteiger partial charge in [0, 0.05) is 18.1 Å². The largest absolute Gasteiger partial charge is 0.466 e. The van der Waals surface area contributed by atoms with Crippen LogP contribution >= 0.6 is 11.3 Å². The van der Waals surface area contributed by atoms with E-state index in [9.17, 15) is 4.79 Å². The minimum Gasteiger partial charge on any atom is -0.466 e. The van der Waals surface area contributed by atoms with Gasteiger partial charge in [-0.05, 0) is 31.5 Å². The molecule has 0 saturated heterocycles. The molecule has 0 N–H and O–H groups in total. The van der Waals surface area contributed by atoms with Crippen LogP contribution in [0.1, 0.15) is 18.2 Å². The zero-order chi connectivity index (χ0) is 14.5. The molecule has 2 aromatic rings. The highest BCUT2D eigenvalue weighted by Gasteiger charge is 2.12. The minimum absolute atomic E-state index is 0.228. The first kappa shape index (κ1) is 14.5. The number of carbonyl (C=O) groups excluding carboxylic acids is 1.